The third kappa shape index (κ3) is 7.46. The normalized spacial score (nSPS) is 14.3. The van der Waals surface area contributed by atoms with Gasteiger partial charge in [-0.3, -0.25) is 9.69 Å². The molecule has 4 rings (SSSR count). The number of piperidine rings is 1. The van der Waals surface area contributed by atoms with E-state index in [-0.39, 0.29) is 30.2 Å². The molecule has 10 heteroatoms. The second-order valence-corrected chi connectivity index (χ2v) is 10.3. The van der Waals surface area contributed by atoms with Crippen molar-refractivity contribution in [1.29, 1.82) is 0 Å². The summed E-state index contributed by atoms with van der Waals surface area (Å²) in [6, 6.07) is 16.5. The van der Waals surface area contributed by atoms with Crippen LogP contribution in [-0.2, 0) is 13.2 Å². The van der Waals surface area contributed by atoms with Crippen molar-refractivity contribution in [2.24, 2.45) is 0 Å². The molecule has 1 fully saturated rings. The summed E-state index contributed by atoms with van der Waals surface area (Å²) in [5.41, 5.74) is 8.51. The molecule has 202 valence electrons. The summed E-state index contributed by atoms with van der Waals surface area (Å²) in [5.74, 6) is 0.845. The molecule has 1 saturated heterocycles. The van der Waals surface area contributed by atoms with Crippen LogP contribution in [0.1, 0.15) is 34.3 Å². The highest BCUT2D eigenvalue weighted by molar-refractivity contribution is 6.42. The smallest absolute Gasteiger partial charge is 0.255 e. The van der Waals surface area contributed by atoms with Crippen LogP contribution >= 0.6 is 34.8 Å². The van der Waals surface area contributed by atoms with Gasteiger partial charge in [-0.25, -0.2) is 0 Å². The minimum absolute atomic E-state index is 0.0157. The van der Waals surface area contributed by atoms with Crippen LogP contribution in [0.2, 0.25) is 15.1 Å². The summed E-state index contributed by atoms with van der Waals surface area (Å²) in [5, 5.41) is 13.5. The molecule has 0 saturated carbocycles. The number of hydrogen-bond acceptors (Lipinski definition) is 6. The number of aliphatic hydroxyl groups is 1. The molecular weight excluding hydrogens is 549 g/mol. The number of para-hydroxylation sites is 1. The highest BCUT2D eigenvalue weighted by Gasteiger charge is 2.24. The number of amides is 1. The standard InChI is InChI=1S/C28H30Cl3N3O4/c29-22-6-5-18(13-23(22)30)17-38-26-4-2-1-3-19(26)16-34-9-7-20(8-10-34)33-28(36)21-14-24(31)25(32)15-27(21)37-12-11-35/h1-6,13-15,20,35H,7-12,16-17,32H2,(H,33,36). The van der Waals surface area contributed by atoms with E-state index < -0.39 is 0 Å². The zero-order chi connectivity index (χ0) is 27.1. The Labute approximate surface area is 237 Å². The first-order valence-corrected chi connectivity index (χ1v) is 13.5. The molecule has 1 amide bonds. The van der Waals surface area contributed by atoms with E-state index >= 15 is 0 Å². The largest absolute Gasteiger partial charge is 0.490 e. The van der Waals surface area contributed by atoms with Gasteiger partial charge in [0, 0.05) is 37.3 Å². The first kappa shape index (κ1) is 28.3. The van der Waals surface area contributed by atoms with Crippen molar-refractivity contribution in [3.63, 3.8) is 0 Å². The number of anilines is 1. The van der Waals surface area contributed by atoms with E-state index in [4.69, 9.17) is 55.1 Å². The first-order valence-electron chi connectivity index (χ1n) is 12.3. The lowest BCUT2D eigenvalue weighted by Gasteiger charge is -2.32. The quantitative estimate of drug-likeness (QED) is 0.272. The Kier molecular flexibility index (Phi) is 9.99. The summed E-state index contributed by atoms with van der Waals surface area (Å²) in [6.07, 6.45) is 1.60. The number of carbonyl (C=O) groups is 1. The van der Waals surface area contributed by atoms with Gasteiger partial charge in [-0.05, 0) is 42.7 Å². The SMILES string of the molecule is Nc1cc(OCCO)c(C(=O)NC2CCN(Cc3ccccc3OCc3ccc(Cl)c(Cl)c3)CC2)cc1Cl. The number of ether oxygens (including phenoxy) is 2. The second-order valence-electron chi connectivity index (χ2n) is 9.11. The average Bonchev–Trinajstić information content (AvgIpc) is 2.91. The van der Waals surface area contributed by atoms with Crippen molar-refractivity contribution in [2.45, 2.75) is 32.0 Å². The molecule has 0 unspecified atom stereocenters. The minimum atomic E-state index is -0.278. The molecule has 1 heterocycles. The van der Waals surface area contributed by atoms with Crippen molar-refractivity contribution < 1.29 is 19.4 Å². The molecule has 0 bridgehead atoms. The molecule has 0 aromatic heterocycles. The lowest BCUT2D eigenvalue weighted by Crippen LogP contribution is -2.44. The predicted molar refractivity (Wildman–Crippen MR) is 151 cm³/mol. The highest BCUT2D eigenvalue weighted by Crippen LogP contribution is 2.30. The monoisotopic (exact) mass is 577 g/mol. The van der Waals surface area contributed by atoms with Gasteiger partial charge in [-0.15, -0.1) is 0 Å². The Balaban J connectivity index is 1.32. The summed E-state index contributed by atoms with van der Waals surface area (Å²) in [4.78, 5) is 15.4. The number of rotatable bonds is 10. The number of aliphatic hydroxyl groups excluding tert-OH is 1. The van der Waals surface area contributed by atoms with Crippen molar-refractivity contribution in [2.75, 3.05) is 32.0 Å². The lowest BCUT2D eigenvalue weighted by molar-refractivity contribution is 0.0903. The zero-order valence-corrected chi connectivity index (χ0v) is 23.0. The van der Waals surface area contributed by atoms with Crippen LogP contribution in [0.25, 0.3) is 0 Å². The average molecular weight is 579 g/mol. The van der Waals surface area contributed by atoms with Gasteiger partial charge >= 0.3 is 0 Å². The molecule has 0 spiro atoms. The summed E-state index contributed by atoms with van der Waals surface area (Å²) in [6.45, 7) is 2.65. The molecule has 0 aliphatic carbocycles. The highest BCUT2D eigenvalue weighted by atomic mass is 35.5. The maximum atomic E-state index is 13.0. The molecule has 3 aromatic carbocycles. The van der Waals surface area contributed by atoms with E-state index in [9.17, 15) is 4.79 Å². The molecule has 38 heavy (non-hydrogen) atoms. The molecule has 4 N–H and O–H groups in total. The van der Waals surface area contributed by atoms with E-state index in [0.29, 0.717) is 33.7 Å². The van der Waals surface area contributed by atoms with Gasteiger partial charge in [0.15, 0.2) is 0 Å². The molecule has 3 aromatic rings. The topological polar surface area (TPSA) is 97.1 Å². The Morgan fingerprint density at radius 2 is 1.74 bits per heavy atom. The maximum Gasteiger partial charge on any atom is 0.255 e. The molecule has 1 aliphatic heterocycles. The van der Waals surface area contributed by atoms with Crippen molar-refractivity contribution >= 4 is 46.4 Å². The maximum absolute atomic E-state index is 13.0. The van der Waals surface area contributed by atoms with Gasteiger partial charge in [0.1, 0.15) is 24.7 Å². The number of nitrogens with two attached hydrogens (primary N) is 1. The summed E-state index contributed by atoms with van der Waals surface area (Å²) < 4.78 is 11.6. The Morgan fingerprint density at radius 1 is 0.974 bits per heavy atom. The number of nitrogens with zero attached hydrogens (tertiary/aromatic N) is 1. The molecule has 0 radical (unpaired) electrons. The van der Waals surface area contributed by atoms with Crippen LogP contribution in [0, 0.1) is 0 Å². The van der Waals surface area contributed by atoms with Crippen LogP contribution in [0.3, 0.4) is 0 Å². The molecule has 0 atom stereocenters. The van der Waals surface area contributed by atoms with Crippen LogP contribution in [0.5, 0.6) is 11.5 Å². The van der Waals surface area contributed by atoms with E-state index in [0.717, 1.165) is 49.4 Å². The number of carbonyl (C=O) groups excluding carboxylic acids is 1. The Morgan fingerprint density at radius 3 is 2.47 bits per heavy atom. The van der Waals surface area contributed by atoms with E-state index in [1.807, 2.05) is 30.3 Å². The van der Waals surface area contributed by atoms with Crippen molar-refractivity contribution in [3.8, 4) is 11.5 Å². The fourth-order valence-corrected chi connectivity index (χ4v) is 4.81. The van der Waals surface area contributed by atoms with Crippen LogP contribution < -0.4 is 20.5 Å². The van der Waals surface area contributed by atoms with E-state index in [1.165, 1.54) is 12.1 Å². The van der Waals surface area contributed by atoms with Gasteiger partial charge in [-0.2, -0.15) is 0 Å². The number of halogens is 3. The lowest BCUT2D eigenvalue weighted by atomic mass is 10.0. The predicted octanol–water partition coefficient (Wildman–Crippen LogP) is 5.57. The van der Waals surface area contributed by atoms with Gasteiger partial charge < -0.3 is 25.6 Å². The molecule has 7 nitrogen and oxygen atoms in total. The van der Waals surface area contributed by atoms with Crippen molar-refractivity contribution in [1.82, 2.24) is 10.2 Å². The van der Waals surface area contributed by atoms with Gasteiger partial charge in [0.25, 0.3) is 5.91 Å². The molecular formula is C28H30Cl3N3O4. The molecule has 1 aliphatic rings. The van der Waals surface area contributed by atoms with Crippen LogP contribution in [-0.4, -0.2) is 48.3 Å². The number of hydrogen-bond donors (Lipinski definition) is 3. The van der Waals surface area contributed by atoms with Crippen molar-refractivity contribution in [3.05, 3.63) is 86.4 Å². The fraction of sp³-hybridized carbons (Fsp3) is 0.321. The summed E-state index contributed by atoms with van der Waals surface area (Å²) in [7, 11) is 0. The Hall–Kier alpha value is -2.68. The third-order valence-corrected chi connectivity index (χ3v) is 7.43. The number of likely N-dealkylation sites (tertiary alicyclic amines) is 1. The number of nitrogen functional groups attached to an aromatic ring is 1. The minimum Gasteiger partial charge on any atom is -0.490 e. The van der Waals surface area contributed by atoms with Gasteiger partial charge in [0.2, 0.25) is 0 Å². The second kappa shape index (κ2) is 13.4. The van der Waals surface area contributed by atoms with E-state index in [1.54, 1.807) is 6.07 Å². The zero-order valence-electron chi connectivity index (χ0n) is 20.8. The van der Waals surface area contributed by atoms with Crippen LogP contribution in [0.4, 0.5) is 5.69 Å². The number of benzene rings is 3. The van der Waals surface area contributed by atoms with Gasteiger partial charge in [0.05, 0.1) is 32.9 Å². The summed E-state index contributed by atoms with van der Waals surface area (Å²) >= 11 is 18.3. The Bertz CT molecular complexity index is 1270. The number of nitrogens with one attached hydrogen (secondary N) is 1. The first-order chi connectivity index (χ1) is 18.3. The van der Waals surface area contributed by atoms with E-state index in [2.05, 4.69) is 16.3 Å². The third-order valence-electron chi connectivity index (χ3n) is 6.36. The fourth-order valence-electron chi connectivity index (χ4n) is 4.33. The van der Waals surface area contributed by atoms with Gasteiger partial charge in [-0.1, -0.05) is 59.1 Å². The van der Waals surface area contributed by atoms with Crippen LogP contribution in [0.15, 0.2) is 54.6 Å².